The van der Waals surface area contributed by atoms with Crippen molar-refractivity contribution in [2.45, 2.75) is 152 Å². The van der Waals surface area contributed by atoms with E-state index >= 15 is 0 Å². The number of para-hydroxylation sites is 1. The van der Waals surface area contributed by atoms with Crippen molar-refractivity contribution in [1.82, 2.24) is 4.57 Å². The number of anilines is 2. The average Bonchev–Trinajstić information content (AvgIpc) is 3.75. The number of benzene rings is 3. The van der Waals surface area contributed by atoms with Crippen molar-refractivity contribution in [2.24, 2.45) is 0 Å². The van der Waals surface area contributed by atoms with Crippen LogP contribution in [0.25, 0.3) is 27.5 Å². The Kier molecular flexibility index (Phi) is 6.54. The van der Waals surface area contributed by atoms with Crippen LogP contribution in [0.2, 0.25) is 0 Å². The molecule has 4 aliphatic carbocycles. The number of fused-ring (bicyclic) bond motifs is 10. The normalized spacial score (nSPS) is 28.8. The molecule has 0 radical (unpaired) electrons. The molecular formula is C42H51N3. The molecule has 45 heavy (non-hydrogen) atoms. The molecule has 1 aromatic heterocycles. The maximum absolute atomic E-state index is 3.04. The van der Waals surface area contributed by atoms with E-state index in [1.54, 1.807) is 27.9 Å². The third kappa shape index (κ3) is 4.01. The maximum Gasteiger partial charge on any atom is 0.0562 e. The van der Waals surface area contributed by atoms with E-state index in [2.05, 4.69) is 69.0 Å². The number of rotatable bonds is 3. The number of aromatic nitrogens is 1. The Morgan fingerprint density at radius 2 is 1.09 bits per heavy atom. The molecule has 6 aliphatic rings. The number of nitrogens with zero attached hydrogens (tertiary/aromatic N) is 3. The maximum atomic E-state index is 3.04. The van der Waals surface area contributed by atoms with Gasteiger partial charge in [0.25, 0.3) is 0 Å². The molecule has 3 unspecified atom stereocenters. The van der Waals surface area contributed by atoms with Gasteiger partial charge in [-0.05, 0) is 81.2 Å². The predicted octanol–water partition coefficient (Wildman–Crippen LogP) is 11.1. The third-order valence-electron chi connectivity index (χ3n) is 13.6. The molecular weight excluding hydrogens is 546 g/mol. The number of hydrogen-bond donors (Lipinski definition) is 0. The first-order valence-electron chi connectivity index (χ1n) is 19.1. The molecule has 3 heterocycles. The molecule has 234 valence electrons. The van der Waals surface area contributed by atoms with E-state index in [4.69, 9.17) is 0 Å². The Labute approximate surface area is 270 Å². The van der Waals surface area contributed by atoms with Crippen LogP contribution in [0, 0.1) is 0 Å². The fourth-order valence-electron chi connectivity index (χ4n) is 11.8. The molecule has 3 heteroatoms. The van der Waals surface area contributed by atoms with Gasteiger partial charge in [0, 0.05) is 58.0 Å². The largest absolute Gasteiger partial charge is 0.365 e. The summed E-state index contributed by atoms with van der Waals surface area (Å²) in [7, 11) is 0. The van der Waals surface area contributed by atoms with E-state index < -0.39 is 0 Å². The lowest BCUT2D eigenvalue weighted by Gasteiger charge is -2.41. The van der Waals surface area contributed by atoms with Crippen molar-refractivity contribution in [2.75, 3.05) is 9.80 Å². The first-order chi connectivity index (χ1) is 22.4. The van der Waals surface area contributed by atoms with Gasteiger partial charge >= 0.3 is 0 Å². The third-order valence-corrected chi connectivity index (χ3v) is 13.6. The van der Waals surface area contributed by atoms with Gasteiger partial charge in [-0.3, -0.25) is 0 Å². The zero-order valence-electron chi connectivity index (χ0n) is 27.2. The van der Waals surface area contributed by atoms with Gasteiger partial charge in [0.05, 0.1) is 22.4 Å². The van der Waals surface area contributed by atoms with Crippen LogP contribution in [-0.4, -0.2) is 28.7 Å². The molecule has 0 amide bonds. The van der Waals surface area contributed by atoms with Gasteiger partial charge in [0.1, 0.15) is 0 Å². The molecule has 10 rings (SSSR count). The van der Waals surface area contributed by atoms with Crippen LogP contribution in [0.4, 0.5) is 11.4 Å². The monoisotopic (exact) mass is 597 g/mol. The summed E-state index contributed by atoms with van der Waals surface area (Å²) >= 11 is 0. The lowest BCUT2D eigenvalue weighted by molar-refractivity contribution is 0.331. The Bertz CT molecular complexity index is 1740. The fourth-order valence-corrected chi connectivity index (χ4v) is 11.8. The van der Waals surface area contributed by atoms with E-state index in [0.717, 1.165) is 12.0 Å². The zero-order chi connectivity index (χ0) is 29.5. The van der Waals surface area contributed by atoms with Crippen LogP contribution in [-0.2, 0) is 0 Å². The van der Waals surface area contributed by atoms with Crippen LogP contribution in [0.15, 0.2) is 54.6 Å². The molecule has 4 saturated carbocycles. The second-order valence-corrected chi connectivity index (χ2v) is 15.8. The second-order valence-electron chi connectivity index (χ2n) is 15.8. The quantitative estimate of drug-likeness (QED) is 0.233. The van der Waals surface area contributed by atoms with Crippen molar-refractivity contribution in [1.29, 1.82) is 0 Å². The van der Waals surface area contributed by atoms with Crippen molar-refractivity contribution < 1.29 is 0 Å². The topological polar surface area (TPSA) is 11.4 Å². The molecule has 2 aliphatic heterocycles. The minimum Gasteiger partial charge on any atom is -0.365 e. The minimum atomic E-state index is 0.666. The Morgan fingerprint density at radius 1 is 0.467 bits per heavy atom. The molecule has 4 atom stereocenters. The highest BCUT2D eigenvalue weighted by Crippen LogP contribution is 2.56. The van der Waals surface area contributed by atoms with Crippen LogP contribution in [0.3, 0.4) is 0 Å². The van der Waals surface area contributed by atoms with E-state index in [0.29, 0.717) is 24.0 Å². The van der Waals surface area contributed by atoms with Crippen molar-refractivity contribution in [3.05, 3.63) is 65.7 Å². The average molecular weight is 598 g/mol. The predicted molar refractivity (Wildman–Crippen MR) is 189 cm³/mol. The van der Waals surface area contributed by atoms with Crippen molar-refractivity contribution in [3.8, 4) is 5.69 Å². The fraction of sp³-hybridized carbons (Fsp3) is 0.571. The van der Waals surface area contributed by atoms with Gasteiger partial charge in [-0.2, -0.15) is 0 Å². The summed E-state index contributed by atoms with van der Waals surface area (Å²) in [5, 5.41) is 3.03. The molecule has 4 aromatic rings. The highest BCUT2D eigenvalue weighted by molar-refractivity contribution is 6.16. The first-order valence-corrected chi connectivity index (χ1v) is 19.1. The smallest absolute Gasteiger partial charge is 0.0562 e. The van der Waals surface area contributed by atoms with Crippen LogP contribution < -0.4 is 9.80 Å². The van der Waals surface area contributed by atoms with Crippen LogP contribution in [0.1, 0.15) is 139 Å². The van der Waals surface area contributed by atoms with Crippen molar-refractivity contribution >= 4 is 33.2 Å². The summed E-state index contributed by atoms with van der Waals surface area (Å²) in [5.41, 5.74) is 10.9. The SMILES string of the molecule is c1cc2c(c(-n3c4ccccc4c4c5c(ccc43)[C@H]3CCCCC3N5C3CCCCC3)c1)C1CCCCC1N2C1CCCCC1. The van der Waals surface area contributed by atoms with E-state index in [-0.39, 0.29) is 0 Å². The molecule has 0 N–H and O–H groups in total. The Balaban J connectivity index is 1.21. The van der Waals surface area contributed by atoms with Crippen molar-refractivity contribution in [3.63, 3.8) is 0 Å². The Morgan fingerprint density at radius 3 is 1.87 bits per heavy atom. The van der Waals surface area contributed by atoms with Gasteiger partial charge in [0.15, 0.2) is 0 Å². The standard InChI is InChI=1S/C42H51N3/c1-3-14-28(15-4-1)43-35-22-11-8-19-32(35)40-37(43)24-13-25-38(40)45-36-23-12-9-20-33(36)41-39(45)27-26-31-30-18-7-10-21-34(30)44(42(31)41)29-16-5-2-6-17-29/h9,12-13,20,23-30,32,34-35H,1-8,10-11,14-19,21-22H2/t30-,32?,34?,35?/m1/s1. The summed E-state index contributed by atoms with van der Waals surface area (Å²) in [6.45, 7) is 0. The Hall–Kier alpha value is -2.94. The van der Waals surface area contributed by atoms with E-state index in [1.807, 2.05) is 0 Å². The van der Waals surface area contributed by atoms with E-state index in [1.165, 1.54) is 138 Å². The van der Waals surface area contributed by atoms with E-state index in [9.17, 15) is 0 Å². The van der Waals surface area contributed by atoms with Crippen LogP contribution in [0.5, 0.6) is 0 Å². The zero-order valence-corrected chi connectivity index (χ0v) is 27.2. The van der Waals surface area contributed by atoms with Gasteiger partial charge in [-0.1, -0.05) is 94.5 Å². The first kappa shape index (κ1) is 27.2. The number of hydrogen-bond acceptors (Lipinski definition) is 2. The molecule has 0 spiro atoms. The molecule has 0 bridgehead atoms. The molecule has 0 saturated heterocycles. The van der Waals surface area contributed by atoms with Crippen LogP contribution >= 0.6 is 0 Å². The van der Waals surface area contributed by atoms with Gasteiger partial charge in [-0.15, -0.1) is 0 Å². The lowest BCUT2D eigenvalue weighted by atomic mass is 9.81. The van der Waals surface area contributed by atoms with Gasteiger partial charge < -0.3 is 14.4 Å². The molecule has 3 aromatic carbocycles. The summed E-state index contributed by atoms with van der Waals surface area (Å²) < 4.78 is 2.74. The second kappa shape index (κ2) is 10.8. The molecule has 3 nitrogen and oxygen atoms in total. The highest BCUT2D eigenvalue weighted by Gasteiger charge is 2.46. The molecule has 4 fully saturated rings. The summed E-state index contributed by atoms with van der Waals surface area (Å²) in [4.78, 5) is 6.01. The van der Waals surface area contributed by atoms with Gasteiger partial charge in [0.2, 0.25) is 0 Å². The summed E-state index contributed by atoms with van der Waals surface area (Å²) in [5.74, 6) is 1.38. The van der Waals surface area contributed by atoms with Gasteiger partial charge in [-0.25, -0.2) is 0 Å². The summed E-state index contributed by atoms with van der Waals surface area (Å²) in [6.07, 6.45) is 25.0. The minimum absolute atomic E-state index is 0.666. The lowest BCUT2D eigenvalue weighted by Crippen LogP contribution is -2.44. The highest BCUT2D eigenvalue weighted by atomic mass is 15.2. The summed E-state index contributed by atoms with van der Waals surface area (Å²) in [6, 6.07) is 24.9.